The highest BCUT2D eigenvalue weighted by Crippen LogP contribution is 2.12. The van der Waals surface area contributed by atoms with Gasteiger partial charge in [0.25, 0.3) is 0 Å². The van der Waals surface area contributed by atoms with E-state index in [1.165, 1.54) is 5.56 Å². The Morgan fingerprint density at radius 1 is 1.53 bits per heavy atom. The fourth-order valence-corrected chi connectivity index (χ4v) is 1.62. The van der Waals surface area contributed by atoms with Crippen molar-refractivity contribution in [3.8, 4) is 12.3 Å². The van der Waals surface area contributed by atoms with Crippen molar-refractivity contribution >= 4 is 0 Å². The van der Waals surface area contributed by atoms with Crippen molar-refractivity contribution in [3.05, 3.63) is 23.7 Å². The van der Waals surface area contributed by atoms with E-state index in [1.54, 1.807) is 6.26 Å². The number of hydrogen-bond donors (Lipinski definition) is 1. The molecule has 0 bridgehead atoms. The molecule has 1 heterocycles. The Morgan fingerprint density at radius 2 is 2.29 bits per heavy atom. The lowest BCUT2D eigenvalue weighted by molar-refractivity contribution is 0.324. The van der Waals surface area contributed by atoms with Crippen molar-refractivity contribution < 1.29 is 4.42 Å². The van der Waals surface area contributed by atoms with Gasteiger partial charge in [-0.25, -0.2) is 0 Å². The number of nitrogens with zero attached hydrogens (tertiary/aromatic N) is 1. The van der Waals surface area contributed by atoms with Crippen molar-refractivity contribution in [1.29, 1.82) is 0 Å². The maximum absolute atomic E-state index is 5.49. The van der Waals surface area contributed by atoms with Gasteiger partial charge in [-0.15, -0.1) is 6.42 Å². The van der Waals surface area contributed by atoms with Crippen LogP contribution in [0.25, 0.3) is 0 Å². The highest BCUT2D eigenvalue weighted by molar-refractivity contribution is 5.17. The third-order valence-corrected chi connectivity index (χ3v) is 2.48. The Labute approximate surface area is 104 Å². The first-order valence-corrected chi connectivity index (χ1v) is 6.01. The number of rotatable bonds is 7. The molecule has 0 aromatic carbocycles. The maximum atomic E-state index is 5.49. The van der Waals surface area contributed by atoms with Crippen molar-refractivity contribution in [2.45, 2.75) is 26.9 Å². The zero-order valence-electron chi connectivity index (χ0n) is 11.0. The van der Waals surface area contributed by atoms with Gasteiger partial charge >= 0.3 is 0 Å². The third-order valence-electron chi connectivity index (χ3n) is 2.48. The van der Waals surface area contributed by atoms with Crippen LogP contribution in [0.5, 0.6) is 0 Å². The molecule has 1 aromatic heterocycles. The second-order valence-corrected chi connectivity index (χ2v) is 4.77. The van der Waals surface area contributed by atoms with Crippen molar-refractivity contribution in [1.82, 2.24) is 10.2 Å². The van der Waals surface area contributed by atoms with Gasteiger partial charge in [0.1, 0.15) is 5.76 Å². The molecule has 0 saturated carbocycles. The summed E-state index contributed by atoms with van der Waals surface area (Å²) in [6.45, 7) is 7.67. The largest absolute Gasteiger partial charge is 0.468 e. The molecular formula is C14H22N2O. The SMILES string of the molecule is C#CCN(C)Cc1occc1CNCC(C)C. The average Bonchev–Trinajstić information content (AvgIpc) is 2.65. The normalized spacial score (nSPS) is 11.1. The summed E-state index contributed by atoms with van der Waals surface area (Å²) in [7, 11) is 1.99. The zero-order valence-corrected chi connectivity index (χ0v) is 11.0. The lowest BCUT2D eigenvalue weighted by Gasteiger charge is -2.13. The highest BCUT2D eigenvalue weighted by atomic mass is 16.3. The summed E-state index contributed by atoms with van der Waals surface area (Å²) >= 11 is 0. The molecule has 0 spiro atoms. The number of terminal acetylenes is 1. The fourth-order valence-electron chi connectivity index (χ4n) is 1.62. The van der Waals surface area contributed by atoms with Crippen molar-refractivity contribution in [2.75, 3.05) is 20.1 Å². The van der Waals surface area contributed by atoms with Gasteiger partial charge in [0.05, 0.1) is 19.4 Å². The van der Waals surface area contributed by atoms with E-state index in [4.69, 9.17) is 10.8 Å². The van der Waals surface area contributed by atoms with Crippen molar-refractivity contribution in [3.63, 3.8) is 0 Å². The topological polar surface area (TPSA) is 28.4 Å². The summed E-state index contributed by atoms with van der Waals surface area (Å²) in [4.78, 5) is 2.06. The van der Waals surface area contributed by atoms with Gasteiger partial charge in [-0.1, -0.05) is 19.8 Å². The summed E-state index contributed by atoms with van der Waals surface area (Å²) < 4.78 is 5.49. The molecule has 1 rings (SSSR count). The van der Waals surface area contributed by atoms with E-state index in [-0.39, 0.29) is 0 Å². The highest BCUT2D eigenvalue weighted by Gasteiger charge is 2.08. The van der Waals surface area contributed by atoms with Gasteiger partial charge in [0, 0.05) is 12.1 Å². The van der Waals surface area contributed by atoms with Crippen LogP contribution in [0.15, 0.2) is 16.7 Å². The van der Waals surface area contributed by atoms with Crippen LogP contribution < -0.4 is 5.32 Å². The van der Waals surface area contributed by atoms with Crippen LogP contribution in [0.1, 0.15) is 25.2 Å². The summed E-state index contributed by atoms with van der Waals surface area (Å²) in [6.07, 6.45) is 7.02. The van der Waals surface area contributed by atoms with Crippen LogP contribution in [0.3, 0.4) is 0 Å². The fraction of sp³-hybridized carbons (Fsp3) is 0.571. The molecule has 1 aromatic rings. The molecule has 0 aliphatic carbocycles. The van der Waals surface area contributed by atoms with Gasteiger partial charge in [-0.05, 0) is 25.6 Å². The van der Waals surface area contributed by atoms with Gasteiger partial charge in [-0.2, -0.15) is 0 Å². The molecule has 0 amide bonds. The summed E-state index contributed by atoms with van der Waals surface area (Å²) in [5, 5.41) is 3.41. The molecule has 0 aliphatic rings. The minimum atomic E-state index is 0.638. The Morgan fingerprint density at radius 3 is 2.94 bits per heavy atom. The second kappa shape index (κ2) is 7.16. The monoisotopic (exact) mass is 234 g/mol. The molecule has 1 N–H and O–H groups in total. The number of nitrogens with one attached hydrogen (secondary N) is 1. The number of furan rings is 1. The third kappa shape index (κ3) is 5.08. The molecule has 0 radical (unpaired) electrons. The van der Waals surface area contributed by atoms with E-state index in [0.29, 0.717) is 12.5 Å². The summed E-state index contributed by atoms with van der Waals surface area (Å²) in [5.41, 5.74) is 1.22. The molecule has 0 fully saturated rings. The summed E-state index contributed by atoms with van der Waals surface area (Å²) in [5.74, 6) is 4.29. The van der Waals surface area contributed by atoms with Gasteiger partial charge in [0.2, 0.25) is 0 Å². The van der Waals surface area contributed by atoms with Crippen LogP contribution in [-0.2, 0) is 13.1 Å². The molecule has 0 unspecified atom stereocenters. The first kappa shape index (κ1) is 13.8. The van der Waals surface area contributed by atoms with Crippen molar-refractivity contribution in [2.24, 2.45) is 5.92 Å². The van der Waals surface area contributed by atoms with E-state index in [1.807, 2.05) is 13.1 Å². The van der Waals surface area contributed by atoms with E-state index in [9.17, 15) is 0 Å². The quantitative estimate of drug-likeness (QED) is 0.732. The molecule has 94 valence electrons. The molecule has 0 atom stereocenters. The van der Waals surface area contributed by atoms with Crippen LogP contribution in [0.2, 0.25) is 0 Å². The lowest BCUT2D eigenvalue weighted by atomic mass is 10.2. The van der Waals surface area contributed by atoms with Crippen LogP contribution >= 0.6 is 0 Å². The van der Waals surface area contributed by atoms with Gasteiger partial charge < -0.3 is 9.73 Å². The maximum Gasteiger partial charge on any atom is 0.122 e. The van der Waals surface area contributed by atoms with E-state index in [2.05, 4.69) is 30.0 Å². The minimum absolute atomic E-state index is 0.638. The second-order valence-electron chi connectivity index (χ2n) is 4.77. The number of hydrogen-bond acceptors (Lipinski definition) is 3. The predicted molar refractivity (Wildman–Crippen MR) is 70.4 cm³/mol. The lowest BCUT2D eigenvalue weighted by Crippen LogP contribution is -2.21. The average molecular weight is 234 g/mol. The van der Waals surface area contributed by atoms with E-state index in [0.717, 1.165) is 25.4 Å². The van der Waals surface area contributed by atoms with Crippen LogP contribution in [-0.4, -0.2) is 25.0 Å². The minimum Gasteiger partial charge on any atom is -0.468 e. The Bertz CT molecular complexity index is 363. The standard InChI is InChI=1S/C14H22N2O/c1-5-7-16(4)11-14-13(6-8-17-14)10-15-9-12(2)3/h1,6,8,12,15H,7,9-11H2,2-4H3. The first-order chi connectivity index (χ1) is 8.13. The molecule has 17 heavy (non-hydrogen) atoms. The van der Waals surface area contributed by atoms with E-state index >= 15 is 0 Å². The van der Waals surface area contributed by atoms with Crippen LogP contribution in [0, 0.1) is 18.3 Å². The molecule has 3 nitrogen and oxygen atoms in total. The van der Waals surface area contributed by atoms with Gasteiger partial charge in [0.15, 0.2) is 0 Å². The Balaban J connectivity index is 2.45. The summed E-state index contributed by atoms with van der Waals surface area (Å²) in [6, 6.07) is 2.02. The Hall–Kier alpha value is -1.24. The molecule has 3 heteroatoms. The van der Waals surface area contributed by atoms with Gasteiger partial charge in [-0.3, -0.25) is 4.90 Å². The Kier molecular flexibility index (Phi) is 5.82. The predicted octanol–water partition coefficient (Wildman–Crippen LogP) is 2.09. The van der Waals surface area contributed by atoms with Crippen LogP contribution in [0.4, 0.5) is 0 Å². The molecular weight excluding hydrogens is 212 g/mol. The first-order valence-electron chi connectivity index (χ1n) is 6.01. The van der Waals surface area contributed by atoms with E-state index < -0.39 is 0 Å². The molecule has 0 aliphatic heterocycles. The smallest absolute Gasteiger partial charge is 0.122 e. The molecule has 0 saturated heterocycles. The zero-order chi connectivity index (χ0) is 12.7.